The monoisotopic (exact) mass is 778 g/mol. The normalized spacial score (nSPS) is 12.7. The maximum absolute atomic E-state index is 6.83. The zero-order chi connectivity index (χ0) is 42.1. The molecule has 0 N–H and O–H groups in total. The van der Waals surface area contributed by atoms with Gasteiger partial charge < -0.3 is 4.74 Å². The van der Waals surface area contributed by atoms with Crippen molar-refractivity contribution < 1.29 is 9.30 Å². The van der Waals surface area contributed by atoms with Crippen LogP contribution in [-0.4, -0.2) is 14.1 Å². The number of rotatable bonds is 6. The van der Waals surface area contributed by atoms with Crippen LogP contribution in [0.1, 0.15) is 105 Å². The number of pyridine rings is 1. The molecule has 0 aliphatic rings. The molecule has 0 saturated carbocycles. The van der Waals surface area contributed by atoms with Crippen molar-refractivity contribution in [3.63, 3.8) is 0 Å². The zero-order valence-corrected chi connectivity index (χ0v) is 36.9. The molecule has 0 amide bonds. The van der Waals surface area contributed by atoms with E-state index >= 15 is 0 Å². The van der Waals surface area contributed by atoms with Crippen molar-refractivity contribution in [2.45, 2.75) is 105 Å². The van der Waals surface area contributed by atoms with E-state index in [9.17, 15) is 0 Å². The second kappa shape index (κ2) is 14.4. The number of para-hydroxylation sites is 1. The van der Waals surface area contributed by atoms with E-state index in [0.717, 1.165) is 50.7 Å². The molecule has 0 fully saturated rings. The van der Waals surface area contributed by atoms with Crippen LogP contribution >= 0.6 is 0 Å². The molecule has 0 radical (unpaired) electrons. The molecule has 3 aromatic heterocycles. The van der Waals surface area contributed by atoms with Crippen LogP contribution in [0.25, 0.3) is 50.1 Å². The average Bonchev–Trinajstić information content (AvgIpc) is 3.80. The molecule has 8 rings (SSSR count). The van der Waals surface area contributed by atoms with Crippen molar-refractivity contribution >= 4 is 21.8 Å². The zero-order valence-electron chi connectivity index (χ0n) is 36.9. The molecule has 0 spiro atoms. The molecule has 300 valence electrons. The Morgan fingerprint density at radius 2 is 1.15 bits per heavy atom. The number of benzene rings is 5. The highest BCUT2D eigenvalue weighted by Gasteiger charge is 2.23. The first-order valence-corrected chi connectivity index (χ1v) is 20.9. The summed E-state index contributed by atoms with van der Waals surface area (Å²) in [6.07, 6.45) is 9.72. The Labute approximate surface area is 351 Å². The lowest BCUT2D eigenvalue weighted by atomic mass is 9.80. The number of fused-ring (bicyclic) bond motifs is 3. The lowest BCUT2D eigenvalue weighted by molar-refractivity contribution is -0.599. The number of aromatic nitrogens is 4. The van der Waals surface area contributed by atoms with Gasteiger partial charge in [-0.3, -0.25) is 13.7 Å². The summed E-state index contributed by atoms with van der Waals surface area (Å²) in [5, 5.41) is 2.32. The topological polar surface area (TPSA) is 35.9 Å². The van der Waals surface area contributed by atoms with Gasteiger partial charge in [-0.15, -0.1) is 0 Å². The first-order valence-electron chi connectivity index (χ1n) is 20.9. The molecule has 0 bridgehead atoms. The number of hydrogen-bond donors (Lipinski definition) is 0. The van der Waals surface area contributed by atoms with Gasteiger partial charge in [-0.1, -0.05) is 132 Å². The first kappa shape index (κ1) is 39.9. The van der Waals surface area contributed by atoms with Gasteiger partial charge in [0.25, 0.3) is 6.33 Å². The molecule has 0 atom stereocenters. The van der Waals surface area contributed by atoms with Crippen LogP contribution in [0.3, 0.4) is 0 Å². The average molecular weight is 779 g/mol. The Morgan fingerprint density at radius 3 is 1.81 bits per heavy atom. The van der Waals surface area contributed by atoms with Gasteiger partial charge in [0.05, 0.1) is 22.4 Å². The first-order chi connectivity index (χ1) is 27.7. The molecule has 0 aliphatic carbocycles. The lowest BCUT2D eigenvalue weighted by Gasteiger charge is -2.26. The highest BCUT2D eigenvalue weighted by atomic mass is 16.5. The maximum atomic E-state index is 6.83. The van der Waals surface area contributed by atoms with Crippen LogP contribution < -0.4 is 9.30 Å². The van der Waals surface area contributed by atoms with Crippen LogP contribution in [0.4, 0.5) is 0 Å². The van der Waals surface area contributed by atoms with Gasteiger partial charge in [-0.05, 0) is 116 Å². The van der Waals surface area contributed by atoms with Crippen molar-refractivity contribution in [1.82, 2.24) is 14.1 Å². The van der Waals surface area contributed by atoms with E-state index in [0.29, 0.717) is 0 Å². The Balaban J connectivity index is 1.18. The molecule has 0 unspecified atom stereocenters. The largest absolute Gasteiger partial charge is 0.458 e. The molecular formula is C54H58N4O. The molecule has 0 aliphatic heterocycles. The van der Waals surface area contributed by atoms with Gasteiger partial charge in [-0.25, -0.2) is 4.98 Å². The van der Waals surface area contributed by atoms with Crippen molar-refractivity contribution in [3.05, 3.63) is 162 Å². The Morgan fingerprint density at radius 1 is 0.525 bits per heavy atom. The molecule has 5 heteroatoms. The van der Waals surface area contributed by atoms with Crippen molar-refractivity contribution in [2.24, 2.45) is 0 Å². The Kier molecular flexibility index (Phi) is 9.74. The predicted molar refractivity (Wildman–Crippen MR) is 245 cm³/mol. The van der Waals surface area contributed by atoms with Gasteiger partial charge >= 0.3 is 0 Å². The highest BCUT2D eigenvalue weighted by Crippen LogP contribution is 2.38. The van der Waals surface area contributed by atoms with E-state index in [1.165, 1.54) is 33.2 Å². The minimum Gasteiger partial charge on any atom is -0.458 e. The second-order valence-electron chi connectivity index (χ2n) is 20.2. The van der Waals surface area contributed by atoms with Crippen LogP contribution in [-0.2, 0) is 21.7 Å². The van der Waals surface area contributed by atoms with Crippen molar-refractivity contribution in [2.75, 3.05) is 0 Å². The second-order valence-corrected chi connectivity index (χ2v) is 20.2. The third kappa shape index (κ3) is 8.08. The van der Waals surface area contributed by atoms with Crippen LogP contribution in [0.15, 0.2) is 134 Å². The third-order valence-corrected chi connectivity index (χ3v) is 11.5. The molecule has 0 saturated heterocycles. The quantitative estimate of drug-likeness (QED) is 0.124. The minimum atomic E-state index is -0.111. The Bertz CT molecular complexity index is 2790. The standard InChI is InChI=1S/C54H58N4O/c1-51(2,3)38-19-17-36(18-20-38)37-23-24-55-50(27-37)58-48-16-14-13-15-46(48)47-22-21-44(34-49(47)58)59-45-32-41(54(10,11)12)31-43(33-45)57-26-25-56(35-57)42-29-39(52(4,5)6)28-40(30-42)53(7,8)9/h13-34H,1-12H3. The number of hydrogen-bond acceptors (Lipinski definition) is 2. The summed E-state index contributed by atoms with van der Waals surface area (Å²) < 4.78 is 13.3. The van der Waals surface area contributed by atoms with Gasteiger partial charge in [-0.2, -0.15) is 0 Å². The van der Waals surface area contributed by atoms with E-state index in [1.54, 1.807) is 0 Å². The van der Waals surface area contributed by atoms with Crippen LogP contribution in [0.5, 0.6) is 11.5 Å². The van der Waals surface area contributed by atoms with E-state index in [2.05, 4.69) is 231 Å². The SMILES string of the molecule is CC(C)(C)c1ccc(-c2ccnc(-n3c4ccccc4c4ccc(Oc5cc(-n6[c-][n+](-c7cc(C(C)(C)C)cc(C(C)(C)C)c7)cc6)cc(C(C)(C)C)c5)cc43)c2)cc1. The minimum absolute atomic E-state index is 0.0171. The Hall–Kier alpha value is -5.94. The van der Waals surface area contributed by atoms with E-state index in [-0.39, 0.29) is 21.7 Å². The summed E-state index contributed by atoms with van der Waals surface area (Å²) >= 11 is 0. The fourth-order valence-corrected chi connectivity index (χ4v) is 7.71. The lowest BCUT2D eigenvalue weighted by Crippen LogP contribution is -2.30. The fraction of sp³-hybridized carbons (Fsp3) is 0.296. The van der Waals surface area contributed by atoms with E-state index < -0.39 is 0 Å². The van der Waals surface area contributed by atoms with Crippen molar-refractivity contribution in [1.29, 1.82) is 0 Å². The van der Waals surface area contributed by atoms with Crippen LogP contribution in [0, 0.1) is 6.33 Å². The molecule has 59 heavy (non-hydrogen) atoms. The van der Waals surface area contributed by atoms with Crippen LogP contribution in [0.2, 0.25) is 0 Å². The highest BCUT2D eigenvalue weighted by molar-refractivity contribution is 6.09. The van der Waals surface area contributed by atoms with Crippen molar-refractivity contribution in [3.8, 4) is 39.8 Å². The van der Waals surface area contributed by atoms with Gasteiger partial charge in [0.15, 0.2) is 0 Å². The van der Waals surface area contributed by atoms with E-state index in [4.69, 9.17) is 9.72 Å². The molecule has 3 heterocycles. The number of nitrogens with zero attached hydrogens (tertiary/aromatic N) is 4. The molecule has 8 aromatic rings. The van der Waals surface area contributed by atoms with Gasteiger partial charge in [0.2, 0.25) is 0 Å². The summed E-state index contributed by atoms with van der Waals surface area (Å²) in [6.45, 7) is 27.1. The van der Waals surface area contributed by atoms with Gasteiger partial charge in [0, 0.05) is 35.4 Å². The maximum Gasteiger partial charge on any atom is 0.268 e. The number of imidazole rings is 1. The summed E-state index contributed by atoms with van der Waals surface area (Å²) in [7, 11) is 0. The number of ether oxygens (including phenoxy) is 1. The summed E-state index contributed by atoms with van der Waals surface area (Å²) in [5.74, 6) is 2.39. The predicted octanol–water partition coefficient (Wildman–Crippen LogP) is 13.7. The molecule has 5 nitrogen and oxygen atoms in total. The summed E-state index contributed by atoms with van der Waals surface area (Å²) in [4.78, 5) is 4.93. The fourth-order valence-electron chi connectivity index (χ4n) is 7.71. The molecule has 5 aromatic carbocycles. The van der Waals surface area contributed by atoms with E-state index in [1.807, 2.05) is 6.20 Å². The molecular weight excluding hydrogens is 721 g/mol. The van der Waals surface area contributed by atoms with Gasteiger partial charge in [0.1, 0.15) is 17.3 Å². The summed E-state index contributed by atoms with van der Waals surface area (Å²) in [5.41, 5.74) is 11.7. The smallest absolute Gasteiger partial charge is 0.268 e. The third-order valence-electron chi connectivity index (χ3n) is 11.5. The summed E-state index contributed by atoms with van der Waals surface area (Å²) in [6, 6.07) is 41.6.